The van der Waals surface area contributed by atoms with Gasteiger partial charge in [-0.15, -0.1) is 11.3 Å². The predicted octanol–water partition coefficient (Wildman–Crippen LogP) is 4.26. The normalized spacial score (nSPS) is 14.5. The van der Waals surface area contributed by atoms with Crippen molar-refractivity contribution in [1.29, 1.82) is 10.5 Å². The van der Waals surface area contributed by atoms with E-state index in [2.05, 4.69) is 47.1 Å². The minimum absolute atomic E-state index is 0.0392. The van der Waals surface area contributed by atoms with E-state index in [1.807, 2.05) is 48.5 Å². The van der Waals surface area contributed by atoms with Gasteiger partial charge in [0.25, 0.3) is 0 Å². The third-order valence-corrected chi connectivity index (χ3v) is 6.64. The van der Waals surface area contributed by atoms with Crippen molar-refractivity contribution in [2.45, 2.75) is 11.8 Å². The van der Waals surface area contributed by atoms with Gasteiger partial charge in [-0.25, -0.2) is 4.98 Å². The molecule has 2 aromatic carbocycles. The molecule has 0 N–H and O–H groups in total. The summed E-state index contributed by atoms with van der Waals surface area (Å²) in [6.07, 6.45) is 4.13. The summed E-state index contributed by atoms with van der Waals surface area (Å²) in [6, 6.07) is 22.1. The van der Waals surface area contributed by atoms with E-state index in [1.165, 1.54) is 21.9 Å². The third-order valence-electron chi connectivity index (χ3n) is 4.47. The van der Waals surface area contributed by atoms with E-state index in [9.17, 15) is 10.5 Å². The van der Waals surface area contributed by atoms with E-state index < -0.39 is 0 Å². The number of nitrogens with zero attached hydrogens (tertiary/aromatic N) is 4. The van der Waals surface area contributed by atoms with E-state index in [1.54, 1.807) is 11.8 Å². The highest BCUT2D eigenvalue weighted by Gasteiger charge is 2.22. The van der Waals surface area contributed by atoms with Crippen LogP contribution in [0, 0.1) is 22.7 Å². The molecule has 0 radical (unpaired) electrons. The van der Waals surface area contributed by atoms with Gasteiger partial charge < -0.3 is 4.90 Å². The van der Waals surface area contributed by atoms with Gasteiger partial charge in [0.2, 0.25) is 0 Å². The maximum atomic E-state index is 9.24. The van der Waals surface area contributed by atoms with Gasteiger partial charge in [-0.05, 0) is 31.2 Å². The van der Waals surface area contributed by atoms with E-state index in [0.717, 1.165) is 27.4 Å². The molecule has 0 fully saturated rings. The third kappa shape index (κ3) is 3.69. The van der Waals surface area contributed by atoms with E-state index in [4.69, 9.17) is 0 Å². The predicted molar refractivity (Wildman–Crippen MR) is 119 cm³/mol. The first kappa shape index (κ1) is 19.0. The minimum Gasteiger partial charge on any atom is -0.335 e. The standard InChI is InChI=1S/C23H16N4S2/c1-2-27-18-10-6-7-11-19(18)28-21(27)13-12-20-22(16-8-4-3-5-9-16)26-23(29-20)17(14-24)15-25/h3-13H,2H2,1H3/b20-12-,21-13-. The Hall–Kier alpha value is -3.32. The number of anilines is 1. The van der Waals surface area contributed by atoms with Gasteiger partial charge in [0, 0.05) is 17.0 Å². The quantitative estimate of drug-likeness (QED) is 0.643. The van der Waals surface area contributed by atoms with Gasteiger partial charge in [-0.2, -0.15) is 10.5 Å². The molecule has 2 heterocycles. The second kappa shape index (κ2) is 8.36. The molecule has 4 rings (SSSR count). The lowest BCUT2D eigenvalue weighted by molar-refractivity contribution is 1.00. The number of thioether (sulfide) groups is 1. The van der Waals surface area contributed by atoms with Gasteiger partial charge in [-0.3, -0.25) is 0 Å². The van der Waals surface area contributed by atoms with Gasteiger partial charge in [0.1, 0.15) is 16.8 Å². The summed E-state index contributed by atoms with van der Waals surface area (Å²) < 4.78 is 1.38. The number of aromatic nitrogens is 1. The first-order valence-electron chi connectivity index (χ1n) is 9.08. The van der Waals surface area contributed by atoms with Crippen LogP contribution in [0.15, 0.2) is 70.6 Å². The summed E-state index contributed by atoms with van der Waals surface area (Å²) in [6.45, 7) is 3.02. The first-order chi connectivity index (χ1) is 14.2. The fraction of sp³-hybridized carbons (Fsp3) is 0.0870. The average molecular weight is 413 g/mol. The van der Waals surface area contributed by atoms with Gasteiger partial charge >= 0.3 is 0 Å². The second-order valence-corrected chi connectivity index (χ2v) is 8.28. The van der Waals surface area contributed by atoms with Crippen LogP contribution in [0.1, 0.15) is 6.92 Å². The summed E-state index contributed by atoms with van der Waals surface area (Å²) in [7, 11) is 0. The van der Waals surface area contributed by atoms with Crippen LogP contribution in [-0.2, 0) is 0 Å². The van der Waals surface area contributed by atoms with Crippen LogP contribution < -0.4 is 14.1 Å². The molecular formula is C23H16N4S2. The molecule has 0 saturated carbocycles. The summed E-state index contributed by atoms with van der Waals surface area (Å²) in [5.74, 6) is 0. The average Bonchev–Trinajstić information content (AvgIpc) is 3.35. The number of benzene rings is 2. The number of hydrogen-bond acceptors (Lipinski definition) is 6. The van der Waals surface area contributed by atoms with Crippen molar-refractivity contribution in [2.24, 2.45) is 0 Å². The van der Waals surface area contributed by atoms with Crippen molar-refractivity contribution in [2.75, 3.05) is 11.4 Å². The SMILES string of the molecule is CCN1/C(=C/C=c2\sc(=C(C#N)C#N)nc2-c2ccccc2)Sc2ccccc21. The zero-order valence-corrected chi connectivity index (χ0v) is 17.3. The lowest BCUT2D eigenvalue weighted by Crippen LogP contribution is -2.16. The van der Waals surface area contributed by atoms with Crippen LogP contribution in [0.2, 0.25) is 0 Å². The van der Waals surface area contributed by atoms with Crippen LogP contribution in [0.4, 0.5) is 5.69 Å². The minimum atomic E-state index is 0.0392. The molecule has 0 amide bonds. The number of hydrogen-bond donors (Lipinski definition) is 0. The first-order valence-corrected chi connectivity index (χ1v) is 10.7. The maximum absolute atomic E-state index is 9.24. The Kier molecular flexibility index (Phi) is 5.48. The smallest absolute Gasteiger partial charge is 0.165 e. The van der Waals surface area contributed by atoms with Crippen molar-refractivity contribution >= 4 is 40.4 Å². The summed E-state index contributed by atoms with van der Waals surface area (Å²) in [5, 5.41) is 19.6. The van der Waals surface area contributed by atoms with Crippen molar-refractivity contribution < 1.29 is 0 Å². The monoisotopic (exact) mass is 412 g/mol. The fourth-order valence-electron chi connectivity index (χ4n) is 3.13. The fourth-order valence-corrected chi connectivity index (χ4v) is 5.19. The van der Waals surface area contributed by atoms with Crippen molar-refractivity contribution in [3.8, 4) is 23.4 Å². The maximum Gasteiger partial charge on any atom is 0.165 e. The molecule has 6 heteroatoms. The Balaban J connectivity index is 1.86. The molecule has 0 spiro atoms. The summed E-state index contributed by atoms with van der Waals surface area (Å²) in [4.78, 5) is 8.12. The van der Waals surface area contributed by atoms with Gasteiger partial charge in [0.05, 0.1) is 20.9 Å². The molecule has 0 bridgehead atoms. The Morgan fingerprint density at radius 2 is 1.76 bits per heavy atom. The van der Waals surface area contributed by atoms with E-state index in [0.29, 0.717) is 4.66 Å². The Morgan fingerprint density at radius 3 is 2.48 bits per heavy atom. The molecule has 0 saturated heterocycles. The van der Waals surface area contributed by atoms with Crippen LogP contribution in [-0.4, -0.2) is 11.5 Å². The number of rotatable bonds is 3. The van der Waals surface area contributed by atoms with E-state index >= 15 is 0 Å². The number of thiazole rings is 1. The molecule has 29 heavy (non-hydrogen) atoms. The molecule has 0 aliphatic carbocycles. The summed E-state index contributed by atoms with van der Waals surface area (Å²) in [5.41, 5.74) is 3.01. The van der Waals surface area contributed by atoms with Gasteiger partial charge in [0.15, 0.2) is 5.57 Å². The largest absolute Gasteiger partial charge is 0.335 e. The van der Waals surface area contributed by atoms with Crippen molar-refractivity contribution in [3.05, 3.63) is 74.9 Å². The molecule has 1 aliphatic rings. The second-order valence-electron chi connectivity index (χ2n) is 6.18. The molecular weight excluding hydrogens is 396 g/mol. The highest BCUT2D eigenvalue weighted by molar-refractivity contribution is 8.03. The van der Waals surface area contributed by atoms with Crippen LogP contribution >= 0.6 is 23.1 Å². The highest BCUT2D eigenvalue weighted by atomic mass is 32.2. The highest BCUT2D eigenvalue weighted by Crippen LogP contribution is 2.45. The molecule has 0 atom stereocenters. The Morgan fingerprint density at radius 1 is 1.03 bits per heavy atom. The molecule has 4 nitrogen and oxygen atoms in total. The molecule has 1 aromatic heterocycles. The zero-order valence-electron chi connectivity index (χ0n) is 15.7. The van der Waals surface area contributed by atoms with Crippen molar-refractivity contribution in [1.82, 2.24) is 4.98 Å². The lowest BCUT2D eigenvalue weighted by Gasteiger charge is -2.17. The van der Waals surface area contributed by atoms with Gasteiger partial charge in [-0.1, -0.05) is 54.2 Å². The number of para-hydroxylation sites is 1. The number of fused-ring (bicyclic) bond motifs is 1. The Labute approximate surface area is 177 Å². The van der Waals surface area contributed by atoms with Crippen molar-refractivity contribution in [3.63, 3.8) is 0 Å². The number of allylic oxidation sites excluding steroid dienone is 1. The molecule has 1 aliphatic heterocycles. The van der Waals surface area contributed by atoms with E-state index in [-0.39, 0.29) is 5.57 Å². The van der Waals surface area contributed by atoms with Crippen LogP contribution in [0.25, 0.3) is 22.9 Å². The molecule has 3 aromatic rings. The zero-order chi connectivity index (χ0) is 20.2. The summed E-state index contributed by atoms with van der Waals surface area (Å²) >= 11 is 3.11. The van der Waals surface area contributed by atoms with Crippen LogP contribution in [0.5, 0.6) is 0 Å². The van der Waals surface area contributed by atoms with Crippen LogP contribution in [0.3, 0.4) is 0 Å². The number of nitriles is 2. The molecule has 140 valence electrons. The Bertz CT molecular complexity index is 1280. The molecule has 0 unspecified atom stereocenters. The lowest BCUT2D eigenvalue weighted by atomic mass is 10.1. The topological polar surface area (TPSA) is 63.7 Å².